The van der Waals surface area contributed by atoms with Crippen molar-refractivity contribution in [3.05, 3.63) is 23.1 Å². The number of rotatable bonds is 2. The minimum absolute atomic E-state index is 0.318. The Kier molecular flexibility index (Phi) is 3.42. The molecule has 0 bridgehead atoms. The number of fused-ring (bicyclic) bond motifs is 1. The van der Waals surface area contributed by atoms with Crippen LogP contribution in [0.1, 0.15) is 36.8 Å². The smallest absolute Gasteiger partial charge is 0.198 e. The Bertz CT molecular complexity index is 624. The summed E-state index contributed by atoms with van der Waals surface area (Å²) in [7, 11) is 0. The molecule has 1 fully saturated rings. The van der Waals surface area contributed by atoms with Gasteiger partial charge in [0.05, 0.1) is 5.69 Å². The van der Waals surface area contributed by atoms with Crippen LogP contribution in [0.3, 0.4) is 0 Å². The van der Waals surface area contributed by atoms with Gasteiger partial charge in [-0.3, -0.25) is 0 Å². The van der Waals surface area contributed by atoms with Gasteiger partial charge >= 0.3 is 0 Å². The summed E-state index contributed by atoms with van der Waals surface area (Å²) in [5, 5.41) is 3.40. The first kappa shape index (κ1) is 13.4. The van der Waals surface area contributed by atoms with Crippen LogP contribution in [-0.4, -0.2) is 31.2 Å². The van der Waals surface area contributed by atoms with Gasteiger partial charge in [-0.15, -0.1) is 0 Å². The van der Waals surface area contributed by atoms with Crippen molar-refractivity contribution in [1.82, 2.24) is 10.3 Å². The quantitative estimate of drug-likeness (QED) is 0.913. The van der Waals surface area contributed by atoms with Gasteiger partial charge in [-0.25, -0.2) is 4.98 Å². The lowest BCUT2D eigenvalue weighted by atomic mass is 10.1. The number of nitrogens with one attached hydrogen (secondary N) is 1. The van der Waals surface area contributed by atoms with Crippen molar-refractivity contribution in [2.24, 2.45) is 0 Å². The van der Waals surface area contributed by atoms with Crippen LogP contribution in [0.5, 0.6) is 0 Å². The van der Waals surface area contributed by atoms with E-state index in [-0.39, 0.29) is 0 Å². The van der Waals surface area contributed by atoms with Crippen LogP contribution in [0.15, 0.2) is 10.5 Å². The predicted octanol–water partition coefficient (Wildman–Crippen LogP) is 2.98. The van der Waals surface area contributed by atoms with Crippen molar-refractivity contribution in [2.75, 3.05) is 31.1 Å². The van der Waals surface area contributed by atoms with Gasteiger partial charge in [0.15, 0.2) is 11.5 Å². The summed E-state index contributed by atoms with van der Waals surface area (Å²) < 4.78 is 6.10. The van der Waals surface area contributed by atoms with Crippen LogP contribution in [0.25, 0.3) is 11.1 Å². The molecule has 1 N–H and O–H groups in total. The molecule has 0 spiro atoms. The topological polar surface area (TPSA) is 41.3 Å². The van der Waals surface area contributed by atoms with E-state index >= 15 is 0 Å². The second-order valence-corrected chi connectivity index (χ2v) is 5.98. The summed E-state index contributed by atoms with van der Waals surface area (Å²) in [6.07, 6.45) is 0. The van der Waals surface area contributed by atoms with Crippen LogP contribution >= 0.6 is 0 Å². The summed E-state index contributed by atoms with van der Waals surface area (Å²) in [5.74, 6) is 1.16. The Labute approximate surface area is 120 Å². The number of piperazine rings is 1. The molecule has 0 amide bonds. The van der Waals surface area contributed by atoms with Crippen molar-refractivity contribution in [3.63, 3.8) is 0 Å². The molecule has 1 aromatic heterocycles. The summed E-state index contributed by atoms with van der Waals surface area (Å²) in [4.78, 5) is 7.12. The van der Waals surface area contributed by atoms with E-state index in [1.807, 2.05) is 0 Å². The highest BCUT2D eigenvalue weighted by atomic mass is 16.3. The van der Waals surface area contributed by atoms with Crippen molar-refractivity contribution in [2.45, 2.75) is 33.6 Å². The zero-order valence-electron chi connectivity index (χ0n) is 12.8. The molecule has 4 heteroatoms. The molecule has 1 aliphatic rings. The molecule has 1 saturated heterocycles. The zero-order valence-corrected chi connectivity index (χ0v) is 12.8. The average Bonchev–Trinajstić information content (AvgIpc) is 2.85. The molecule has 1 aliphatic heterocycles. The molecule has 0 radical (unpaired) electrons. The van der Waals surface area contributed by atoms with Gasteiger partial charge in [-0.1, -0.05) is 19.9 Å². The van der Waals surface area contributed by atoms with Crippen LogP contribution in [-0.2, 0) is 0 Å². The fourth-order valence-electron chi connectivity index (χ4n) is 2.93. The van der Waals surface area contributed by atoms with E-state index in [4.69, 9.17) is 9.40 Å². The number of aromatic nitrogens is 1. The normalized spacial score (nSPS) is 16.4. The predicted molar refractivity (Wildman–Crippen MR) is 82.7 cm³/mol. The summed E-state index contributed by atoms with van der Waals surface area (Å²) in [6.45, 7) is 12.6. The van der Waals surface area contributed by atoms with Gasteiger partial charge < -0.3 is 14.6 Å². The third-order valence-electron chi connectivity index (χ3n) is 3.97. The maximum Gasteiger partial charge on any atom is 0.198 e. The number of nitrogens with zero attached hydrogens (tertiary/aromatic N) is 2. The minimum atomic E-state index is 0.318. The summed E-state index contributed by atoms with van der Waals surface area (Å²) in [5.41, 5.74) is 5.70. The largest absolute Gasteiger partial charge is 0.438 e. The van der Waals surface area contributed by atoms with Gasteiger partial charge in [0.25, 0.3) is 0 Å². The molecule has 0 aliphatic carbocycles. The fourth-order valence-corrected chi connectivity index (χ4v) is 2.93. The van der Waals surface area contributed by atoms with Gasteiger partial charge in [0.1, 0.15) is 5.52 Å². The lowest BCUT2D eigenvalue weighted by molar-refractivity contribution is 0.499. The van der Waals surface area contributed by atoms with E-state index in [9.17, 15) is 0 Å². The maximum absolute atomic E-state index is 6.10. The van der Waals surface area contributed by atoms with Gasteiger partial charge in [-0.2, -0.15) is 0 Å². The molecule has 0 unspecified atom stereocenters. The van der Waals surface area contributed by atoms with Gasteiger partial charge in [0, 0.05) is 32.1 Å². The number of aryl methyl sites for hydroxylation is 2. The van der Waals surface area contributed by atoms with Crippen LogP contribution < -0.4 is 10.2 Å². The highest BCUT2D eigenvalue weighted by molar-refractivity contribution is 5.91. The number of hydrogen-bond acceptors (Lipinski definition) is 4. The molecule has 20 heavy (non-hydrogen) atoms. The summed E-state index contributed by atoms with van der Waals surface area (Å²) in [6, 6.07) is 2.23. The van der Waals surface area contributed by atoms with Gasteiger partial charge in [-0.05, 0) is 25.0 Å². The highest BCUT2D eigenvalue weighted by Gasteiger charge is 2.21. The number of anilines is 1. The highest BCUT2D eigenvalue weighted by Crippen LogP contribution is 2.35. The fraction of sp³-hybridized carbons (Fsp3) is 0.562. The summed E-state index contributed by atoms with van der Waals surface area (Å²) >= 11 is 0. The second-order valence-electron chi connectivity index (χ2n) is 5.98. The monoisotopic (exact) mass is 273 g/mol. The lowest BCUT2D eigenvalue weighted by Crippen LogP contribution is -2.43. The molecule has 4 nitrogen and oxygen atoms in total. The molecule has 0 atom stereocenters. The molecular weight excluding hydrogens is 250 g/mol. The molecule has 3 rings (SSSR count). The molecular formula is C16H23N3O. The van der Waals surface area contributed by atoms with E-state index in [1.165, 1.54) is 16.8 Å². The SMILES string of the molecule is Cc1cc(C)c2nc(C(C)C)oc2c1N1CCNCC1. The average molecular weight is 273 g/mol. The van der Waals surface area contributed by atoms with Crippen molar-refractivity contribution in [1.29, 1.82) is 0 Å². The van der Waals surface area contributed by atoms with Crippen molar-refractivity contribution < 1.29 is 4.42 Å². The maximum atomic E-state index is 6.10. The van der Waals surface area contributed by atoms with Crippen LogP contribution in [0.4, 0.5) is 5.69 Å². The Morgan fingerprint density at radius 1 is 1.20 bits per heavy atom. The molecule has 2 aromatic rings. The third kappa shape index (κ3) is 2.18. The lowest BCUT2D eigenvalue weighted by Gasteiger charge is -2.30. The van der Waals surface area contributed by atoms with Gasteiger partial charge in [0.2, 0.25) is 0 Å². The van der Waals surface area contributed by atoms with E-state index < -0.39 is 0 Å². The Balaban J connectivity index is 2.18. The number of hydrogen-bond donors (Lipinski definition) is 1. The number of oxazole rings is 1. The molecule has 2 heterocycles. The van der Waals surface area contributed by atoms with Crippen LogP contribution in [0, 0.1) is 13.8 Å². The Hall–Kier alpha value is -1.55. The first-order chi connectivity index (χ1) is 9.58. The number of benzene rings is 1. The Morgan fingerprint density at radius 3 is 2.55 bits per heavy atom. The second kappa shape index (κ2) is 5.09. The third-order valence-corrected chi connectivity index (χ3v) is 3.97. The van der Waals surface area contributed by atoms with Crippen molar-refractivity contribution in [3.8, 4) is 0 Å². The first-order valence-electron chi connectivity index (χ1n) is 7.44. The van der Waals surface area contributed by atoms with E-state index in [0.29, 0.717) is 5.92 Å². The van der Waals surface area contributed by atoms with E-state index in [2.05, 4.69) is 44.0 Å². The Morgan fingerprint density at radius 2 is 1.90 bits per heavy atom. The first-order valence-corrected chi connectivity index (χ1v) is 7.44. The van der Waals surface area contributed by atoms with Crippen LogP contribution in [0.2, 0.25) is 0 Å². The molecule has 1 aromatic carbocycles. The minimum Gasteiger partial charge on any atom is -0.438 e. The molecule has 0 saturated carbocycles. The standard InChI is InChI=1S/C16H23N3O/c1-10(2)16-18-13-11(3)9-12(4)14(15(13)20-16)19-7-5-17-6-8-19/h9-10,17H,5-8H2,1-4H3. The van der Waals surface area contributed by atoms with Crippen molar-refractivity contribution >= 4 is 16.8 Å². The van der Waals surface area contributed by atoms with E-state index in [0.717, 1.165) is 43.2 Å². The molecule has 108 valence electrons. The van der Waals surface area contributed by atoms with E-state index in [1.54, 1.807) is 0 Å². The zero-order chi connectivity index (χ0) is 14.3.